The number of halogens is 2. The Morgan fingerprint density at radius 1 is 1.54 bits per heavy atom. The molecule has 1 heterocycles. The molecular weight excluding hydrogens is 174 g/mol. The molecule has 0 aliphatic heterocycles. The average Bonchev–Trinajstić information content (AvgIpc) is 2.15. The molecular formula is C9H12F2N2. The van der Waals surface area contributed by atoms with Gasteiger partial charge in [0.1, 0.15) is 0 Å². The van der Waals surface area contributed by atoms with E-state index in [1.54, 1.807) is 18.5 Å². The van der Waals surface area contributed by atoms with Crippen LogP contribution < -0.4 is 5.32 Å². The van der Waals surface area contributed by atoms with Crippen LogP contribution in [0.5, 0.6) is 0 Å². The third-order valence-corrected chi connectivity index (χ3v) is 1.76. The first-order valence-corrected chi connectivity index (χ1v) is 4.11. The summed E-state index contributed by atoms with van der Waals surface area (Å²) < 4.78 is 23.7. The molecule has 13 heavy (non-hydrogen) atoms. The van der Waals surface area contributed by atoms with Crippen LogP contribution in [0.1, 0.15) is 18.5 Å². The number of pyridine rings is 1. The molecule has 1 rings (SSSR count). The first kappa shape index (κ1) is 10.1. The highest BCUT2D eigenvalue weighted by Crippen LogP contribution is 2.09. The van der Waals surface area contributed by atoms with E-state index in [1.165, 1.54) is 0 Å². The summed E-state index contributed by atoms with van der Waals surface area (Å²) in [5, 5.41) is 2.71. The van der Waals surface area contributed by atoms with Crippen molar-refractivity contribution in [3.8, 4) is 0 Å². The van der Waals surface area contributed by atoms with Gasteiger partial charge in [-0.15, -0.1) is 0 Å². The highest BCUT2D eigenvalue weighted by atomic mass is 19.3. The number of aromatic nitrogens is 1. The number of hydrogen-bond acceptors (Lipinski definition) is 2. The molecule has 0 saturated heterocycles. The van der Waals surface area contributed by atoms with E-state index in [4.69, 9.17) is 0 Å². The largest absolute Gasteiger partial charge is 0.305 e. The average molecular weight is 186 g/mol. The molecule has 0 fully saturated rings. The summed E-state index contributed by atoms with van der Waals surface area (Å²) in [5.41, 5.74) is 0.920. The molecule has 0 spiro atoms. The van der Waals surface area contributed by atoms with Gasteiger partial charge in [-0.1, -0.05) is 6.07 Å². The van der Waals surface area contributed by atoms with Crippen LogP contribution in [0.2, 0.25) is 0 Å². The van der Waals surface area contributed by atoms with E-state index in [9.17, 15) is 8.78 Å². The minimum Gasteiger partial charge on any atom is -0.305 e. The van der Waals surface area contributed by atoms with E-state index >= 15 is 0 Å². The fourth-order valence-electron chi connectivity index (χ4n) is 1.02. The van der Waals surface area contributed by atoms with E-state index < -0.39 is 6.43 Å². The van der Waals surface area contributed by atoms with Gasteiger partial charge in [-0.2, -0.15) is 0 Å². The van der Waals surface area contributed by atoms with Gasteiger partial charge < -0.3 is 5.32 Å². The molecule has 1 N–H and O–H groups in total. The van der Waals surface area contributed by atoms with Crippen molar-refractivity contribution in [3.05, 3.63) is 30.1 Å². The predicted molar refractivity (Wildman–Crippen MR) is 46.7 cm³/mol. The zero-order chi connectivity index (χ0) is 9.68. The number of nitrogens with zero attached hydrogens (tertiary/aromatic N) is 1. The Morgan fingerprint density at radius 2 is 2.31 bits per heavy atom. The van der Waals surface area contributed by atoms with E-state index in [0.717, 1.165) is 5.56 Å². The lowest BCUT2D eigenvalue weighted by Crippen LogP contribution is -2.24. The Kier molecular flexibility index (Phi) is 3.76. The van der Waals surface area contributed by atoms with Crippen molar-refractivity contribution in [1.82, 2.24) is 10.3 Å². The molecule has 1 aromatic rings. The molecule has 0 aliphatic rings. The third-order valence-electron chi connectivity index (χ3n) is 1.76. The molecule has 0 aromatic carbocycles. The molecule has 2 nitrogen and oxygen atoms in total. The normalized spacial score (nSPS) is 13.2. The fraction of sp³-hybridized carbons (Fsp3) is 0.444. The van der Waals surface area contributed by atoms with Gasteiger partial charge >= 0.3 is 0 Å². The molecule has 0 radical (unpaired) electrons. The number of hydrogen-bond donors (Lipinski definition) is 1. The van der Waals surface area contributed by atoms with Gasteiger partial charge in [-0.05, 0) is 18.6 Å². The number of alkyl halides is 2. The summed E-state index contributed by atoms with van der Waals surface area (Å²) in [6.07, 6.45) is 1.02. The van der Waals surface area contributed by atoms with Crippen LogP contribution in [-0.2, 0) is 0 Å². The van der Waals surface area contributed by atoms with Crippen LogP contribution in [0, 0.1) is 0 Å². The van der Waals surface area contributed by atoms with Gasteiger partial charge in [0.05, 0.1) is 6.54 Å². The quantitative estimate of drug-likeness (QED) is 0.777. The van der Waals surface area contributed by atoms with Crippen LogP contribution in [0.4, 0.5) is 8.78 Å². The summed E-state index contributed by atoms with van der Waals surface area (Å²) >= 11 is 0. The summed E-state index contributed by atoms with van der Waals surface area (Å²) in [5.74, 6) is 0. The maximum atomic E-state index is 11.8. The first-order chi connectivity index (χ1) is 6.20. The molecule has 1 atom stereocenters. The molecule has 0 saturated carbocycles. The maximum Gasteiger partial charge on any atom is 0.250 e. The van der Waals surface area contributed by atoms with Gasteiger partial charge in [-0.25, -0.2) is 8.78 Å². The molecule has 1 unspecified atom stereocenters. The number of nitrogens with one attached hydrogen (secondary N) is 1. The van der Waals surface area contributed by atoms with Crippen molar-refractivity contribution in [1.29, 1.82) is 0 Å². The standard InChI is InChI=1S/C9H12F2N2/c1-7(13-6-9(10)11)8-3-2-4-12-5-8/h2-5,7,9,13H,6H2,1H3. The summed E-state index contributed by atoms with van der Waals surface area (Å²) in [6.45, 7) is 1.55. The van der Waals surface area contributed by atoms with Gasteiger partial charge in [0.2, 0.25) is 0 Å². The number of rotatable bonds is 4. The van der Waals surface area contributed by atoms with Crippen molar-refractivity contribution in [2.75, 3.05) is 6.54 Å². The highest BCUT2D eigenvalue weighted by Gasteiger charge is 2.07. The lowest BCUT2D eigenvalue weighted by atomic mass is 10.1. The van der Waals surface area contributed by atoms with E-state index in [2.05, 4.69) is 10.3 Å². The van der Waals surface area contributed by atoms with Crippen LogP contribution in [0.3, 0.4) is 0 Å². The molecule has 0 bridgehead atoms. The van der Waals surface area contributed by atoms with Crippen molar-refractivity contribution < 1.29 is 8.78 Å². The Balaban J connectivity index is 2.44. The van der Waals surface area contributed by atoms with Crippen LogP contribution in [0.15, 0.2) is 24.5 Å². The molecule has 0 aliphatic carbocycles. The smallest absolute Gasteiger partial charge is 0.250 e. The second kappa shape index (κ2) is 4.87. The molecule has 4 heteroatoms. The highest BCUT2D eigenvalue weighted by molar-refractivity contribution is 5.12. The van der Waals surface area contributed by atoms with Crippen LogP contribution >= 0.6 is 0 Å². The zero-order valence-electron chi connectivity index (χ0n) is 7.37. The van der Waals surface area contributed by atoms with Crippen LogP contribution in [-0.4, -0.2) is 18.0 Å². The summed E-state index contributed by atoms with van der Waals surface area (Å²) in [6, 6.07) is 3.56. The lowest BCUT2D eigenvalue weighted by molar-refractivity contribution is 0.142. The fourth-order valence-corrected chi connectivity index (χ4v) is 1.02. The molecule has 72 valence electrons. The topological polar surface area (TPSA) is 24.9 Å². The first-order valence-electron chi connectivity index (χ1n) is 4.11. The lowest BCUT2D eigenvalue weighted by Gasteiger charge is -2.12. The molecule has 0 amide bonds. The maximum absolute atomic E-state index is 11.8. The van der Waals surface area contributed by atoms with Crippen molar-refractivity contribution in [3.63, 3.8) is 0 Å². The predicted octanol–water partition coefficient (Wildman–Crippen LogP) is 2.00. The minimum atomic E-state index is -2.31. The minimum absolute atomic E-state index is 0.0808. The van der Waals surface area contributed by atoms with Gasteiger partial charge in [0, 0.05) is 18.4 Å². The summed E-state index contributed by atoms with van der Waals surface area (Å²) in [7, 11) is 0. The molecule has 1 aromatic heterocycles. The van der Waals surface area contributed by atoms with E-state index in [1.807, 2.05) is 13.0 Å². The van der Waals surface area contributed by atoms with Crippen molar-refractivity contribution in [2.24, 2.45) is 0 Å². The van der Waals surface area contributed by atoms with Gasteiger partial charge in [0.15, 0.2) is 0 Å². The summed E-state index contributed by atoms with van der Waals surface area (Å²) in [4.78, 5) is 3.91. The van der Waals surface area contributed by atoms with E-state index in [0.29, 0.717) is 0 Å². The van der Waals surface area contributed by atoms with Gasteiger partial charge in [0.25, 0.3) is 6.43 Å². The van der Waals surface area contributed by atoms with E-state index in [-0.39, 0.29) is 12.6 Å². The van der Waals surface area contributed by atoms with Crippen molar-refractivity contribution >= 4 is 0 Å². The van der Waals surface area contributed by atoms with Crippen molar-refractivity contribution in [2.45, 2.75) is 19.4 Å². The second-order valence-electron chi connectivity index (χ2n) is 2.81. The zero-order valence-corrected chi connectivity index (χ0v) is 7.37. The Bertz CT molecular complexity index is 239. The third kappa shape index (κ3) is 3.46. The monoisotopic (exact) mass is 186 g/mol. The Morgan fingerprint density at radius 3 is 2.85 bits per heavy atom. The Hall–Kier alpha value is -1.03. The van der Waals surface area contributed by atoms with Gasteiger partial charge in [-0.3, -0.25) is 4.98 Å². The second-order valence-corrected chi connectivity index (χ2v) is 2.81. The SMILES string of the molecule is CC(NCC(F)F)c1cccnc1. The Labute approximate surface area is 76.0 Å². The van der Waals surface area contributed by atoms with Crippen LogP contribution in [0.25, 0.3) is 0 Å².